The summed E-state index contributed by atoms with van der Waals surface area (Å²) in [6.45, 7) is 0. The molecule has 2 N–H and O–H groups in total. The van der Waals surface area contributed by atoms with Gasteiger partial charge in [-0.25, -0.2) is 0 Å². The highest BCUT2D eigenvalue weighted by atomic mass is 16.5. The Labute approximate surface area is 139 Å². The Bertz CT molecular complexity index is 986. The molecule has 0 saturated heterocycles. The van der Waals surface area contributed by atoms with Crippen molar-refractivity contribution in [3.63, 3.8) is 0 Å². The molecule has 0 atom stereocenters. The first-order chi connectivity index (χ1) is 11.7. The SMILES string of the molecule is COc1ccc(-n2c3ccccc3c3ccccc32)cc1B(O)O. The van der Waals surface area contributed by atoms with E-state index in [4.69, 9.17) is 4.74 Å². The van der Waals surface area contributed by atoms with Gasteiger partial charge in [0.1, 0.15) is 5.75 Å². The topological polar surface area (TPSA) is 54.6 Å². The molecule has 5 heteroatoms. The van der Waals surface area contributed by atoms with Gasteiger partial charge >= 0.3 is 7.12 Å². The first-order valence-corrected chi connectivity index (χ1v) is 7.73. The molecule has 0 radical (unpaired) electrons. The van der Waals surface area contributed by atoms with Gasteiger partial charge in [0.15, 0.2) is 0 Å². The second kappa shape index (κ2) is 5.71. The van der Waals surface area contributed by atoms with Crippen molar-refractivity contribution < 1.29 is 14.8 Å². The molecule has 0 aliphatic carbocycles. The smallest absolute Gasteiger partial charge is 0.492 e. The number of hydrogen-bond acceptors (Lipinski definition) is 3. The molecule has 0 unspecified atom stereocenters. The molecule has 118 valence electrons. The quantitative estimate of drug-likeness (QED) is 0.571. The zero-order chi connectivity index (χ0) is 16.7. The van der Waals surface area contributed by atoms with Crippen molar-refractivity contribution in [2.75, 3.05) is 7.11 Å². The number of benzene rings is 3. The molecule has 4 aromatic rings. The standard InChI is InChI=1S/C19H16BNO3/c1-24-19-11-10-13(12-16(19)20(22)23)21-17-8-4-2-6-14(17)15-7-3-5-9-18(15)21/h2-12,22-23H,1H3. The van der Waals surface area contributed by atoms with E-state index in [0.717, 1.165) is 27.5 Å². The van der Waals surface area contributed by atoms with Gasteiger partial charge in [0.05, 0.1) is 18.1 Å². The van der Waals surface area contributed by atoms with Crippen LogP contribution in [-0.2, 0) is 0 Å². The molecule has 24 heavy (non-hydrogen) atoms. The van der Waals surface area contributed by atoms with Crippen LogP contribution in [0.25, 0.3) is 27.5 Å². The van der Waals surface area contributed by atoms with Crippen LogP contribution in [0.15, 0.2) is 66.7 Å². The molecule has 0 amide bonds. The molecular weight excluding hydrogens is 301 g/mol. The number of aromatic nitrogens is 1. The molecule has 0 aliphatic rings. The third-order valence-electron chi connectivity index (χ3n) is 4.33. The number of methoxy groups -OCH3 is 1. The molecule has 0 bridgehead atoms. The summed E-state index contributed by atoms with van der Waals surface area (Å²) in [7, 11) is -0.0746. The van der Waals surface area contributed by atoms with Crippen molar-refractivity contribution in [1.29, 1.82) is 0 Å². The Hall–Kier alpha value is -2.76. The molecule has 1 heterocycles. The molecule has 0 saturated carbocycles. The maximum atomic E-state index is 9.65. The van der Waals surface area contributed by atoms with E-state index in [1.54, 1.807) is 12.1 Å². The van der Waals surface area contributed by atoms with E-state index in [0.29, 0.717) is 11.2 Å². The van der Waals surface area contributed by atoms with Gasteiger partial charge in [0.2, 0.25) is 0 Å². The van der Waals surface area contributed by atoms with Crippen molar-refractivity contribution in [3.05, 3.63) is 66.7 Å². The monoisotopic (exact) mass is 317 g/mol. The second-order valence-electron chi connectivity index (χ2n) is 5.67. The Morgan fingerprint density at radius 3 is 1.96 bits per heavy atom. The van der Waals surface area contributed by atoms with Crippen LogP contribution in [0.5, 0.6) is 5.75 Å². The van der Waals surface area contributed by atoms with E-state index >= 15 is 0 Å². The van der Waals surface area contributed by atoms with Crippen LogP contribution in [0.3, 0.4) is 0 Å². The summed E-state index contributed by atoms with van der Waals surface area (Å²) in [4.78, 5) is 0. The lowest BCUT2D eigenvalue weighted by molar-refractivity contribution is 0.403. The van der Waals surface area contributed by atoms with Gasteiger partial charge in [-0.3, -0.25) is 0 Å². The van der Waals surface area contributed by atoms with Gasteiger partial charge in [-0.2, -0.15) is 0 Å². The van der Waals surface area contributed by atoms with Gasteiger partial charge in [-0.15, -0.1) is 0 Å². The summed E-state index contributed by atoms with van der Waals surface area (Å²) in [6.07, 6.45) is 0. The maximum absolute atomic E-state index is 9.65. The first-order valence-electron chi connectivity index (χ1n) is 7.73. The number of ether oxygens (including phenoxy) is 1. The summed E-state index contributed by atoms with van der Waals surface area (Å²) in [5.41, 5.74) is 3.35. The third-order valence-corrected chi connectivity index (χ3v) is 4.33. The van der Waals surface area contributed by atoms with Gasteiger partial charge in [0.25, 0.3) is 0 Å². The van der Waals surface area contributed by atoms with Crippen LogP contribution >= 0.6 is 0 Å². The second-order valence-corrected chi connectivity index (χ2v) is 5.67. The highest BCUT2D eigenvalue weighted by Gasteiger charge is 2.19. The summed E-state index contributed by atoms with van der Waals surface area (Å²) in [5.74, 6) is 0.453. The van der Waals surface area contributed by atoms with Crippen LogP contribution in [0.4, 0.5) is 0 Å². The highest BCUT2D eigenvalue weighted by molar-refractivity contribution is 6.59. The average Bonchev–Trinajstić information content (AvgIpc) is 2.95. The average molecular weight is 317 g/mol. The van der Waals surface area contributed by atoms with Gasteiger partial charge in [0, 0.05) is 21.9 Å². The van der Waals surface area contributed by atoms with Crippen LogP contribution < -0.4 is 10.2 Å². The number of rotatable bonds is 3. The molecule has 3 aromatic carbocycles. The molecule has 0 aliphatic heterocycles. The van der Waals surface area contributed by atoms with Crippen molar-refractivity contribution in [3.8, 4) is 11.4 Å². The fraction of sp³-hybridized carbons (Fsp3) is 0.0526. The molecular formula is C19H16BNO3. The van der Waals surface area contributed by atoms with E-state index in [1.165, 1.54) is 7.11 Å². The van der Waals surface area contributed by atoms with Crippen LogP contribution in [0.1, 0.15) is 0 Å². The summed E-state index contributed by atoms with van der Waals surface area (Å²) in [5, 5.41) is 21.6. The van der Waals surface area contributed by atoms with Crippen LogP contribution in [-0.4, -0.2) is 28.8 Å². The molecule has 0 fully saturated rings. The lowest BCUT2D eigenvalue weighted by atomic mass is 9.79. The van der Waals surface area contributed by atoms with Crippen molar-refractivity contribution >= 4 is 34.4 Å². The van der Waals surface area contributed by atoms with Crippen LogP contribution in [0, 0.1) is 0 Å². The Morgan fingerprint density at radius 1 is 0.833 bits per heavy atom. The van der Waals surface area contributed by atoms with Crippen molar-refractivity contribution in [2.45, 2.75) is 0 Å². The number of para-hydroxylation sites is 2. The van der Waals surface area contributed by atoms with Crippen molar-refractivity contribution in [1.82, 2.24) is 4.57 Å². The number of fused-ring (bicyclic) bond motifs is 3. The Kier molecular flexibility index (Phi) is 3.52. The molecule has 4 rings (SSSR count). The zero-order valence-corrected chi connectivity index (χ0v) is 13.2. The minimum atomic E-state index is -1.59. The lowest BCUT2D eigenvalue weighted by Crippen LogP contribution is -2.31. The maximum Gasteiger partial charge on any atom is 0.492 e. The van der Waals surface area contributed by atoms with Crippen molar-refractivity contribution in [2.24, 2.45) is 0 Å². The Morgan fingerprint density at radius 2 is 1.42 bits per heavy atom. The highest BCUT2D eigenvalue weighted by Crippen LogP contribution is 2.31. The summed E-state index contributed by atoms with van der Waals surface area (Å²) >= 11 is 0. The fourth-order valence-electron chi connectivity index (χ4n) is 3.26. The predicted octanol–water partition coefficient (Wildman–Crippen LogP) is 2.47. The van der Waals surface area contributed by atoms with E-state index in [1.807, 2.05) is 30.3 Å². The predicted molar refractivity (Wildman–Crippen MR) is 97.2 cm³/mol. The van der Waals surface area contributed by atoms with E-state index < -0.39 is 7.12 Å². The van der Waals surface area contributed by atoms with Gasteiger partial charge in [-0.1, -0.05) is 36.4 Å². The van der Waals surface area contributed by atoms with Gasteiger partial charge < -0.3 is 19.4 Å². The minimum Gasteiger partial charge on any atom is -0.497 e. The largest absolute Gasteiger partial charge is 0.497 e. The molecule has 1 aromatic heterocycles. The van der Waals surface area contributed by atoms with E-state index in [2.05, 4.69) is 28.8 Å². The van der Waals surface area contributed by atoms with Crippen LogP contribution in [0.2, 0.25) is 0 Å². The fourth-order valence-corrected chi connectivity index (χ4v) is 3.26. The summed E-state index contributed by atoms with van der Waals surface area (Å²) < 4.78 is 7.35. The minimum absolute atomic E-state index is 0.344. The molecule has 0 spiro atoms. The first kappa shape index (κ1) is 14.8. The third kappa shape index (κ3) is 2.18. The van der Waals surface area contributed by atoms with Gasteiger partial charge in [-0.05, 0) is 30.3 Å². The zero-order valence-electron chi connectivity index (χ0n) is 13.2. The molecule has 4 nitrogen and oxygen atoms in total. The lowest BCUT2D eigenvalue weighted by Gasteiger charge is -2.13. The van der Waals surface area contributed by atoms with E-state index in [9.17, 15) is 10.0 Å². The normalized spacial score (nSPS) is 11.1. The number of hydrogen-bond donors (Lipinski definition) is 2. The Balaban J connectivity index is 2.07. The summed E-state index contributed by atoms with van der Waals surface area (Å²) in [6, 6.07) is 21.8. The number of nitrogens with zero attached hydrogens (tertiary/aromatic N) is 1. The van der Waals surface area contributed by atoms with E-state index in [-0.39, 0.29) is 0 Å².